The average molecular weight is 443 g/mol. The first kappa shape index (κ1) is 22.2. The smallest absolute Gasteiger partial charge is 0.253 e. The van der Waals surface area contributed by atoms with Crippen LogP contribution in [0, 0.1) is 0 Å². The van der Waals surface area contributed by atoms with Gasteiger partial charge in [0.2, 0.25) is 5.91 Å². The molecule has 0 aliphatic rings. The van der Waals surface area contributed by atoms with E-state index in [2.05, 4.69) is 15.6 Å². The molecule has 0 spiro atoms. The number of aromatic nitrogens is 2. The van der Waals surface area contributed by atoms with Crippen molar-refractivity contribution >= 4 is 28.5 Å². The van der Waals surface area contributed by atoms with Crippen LogP contribution in [0.5, 0.6) is 0 Å². The maximum absolute atomic E-state index is 13.0. The van der Waals surface area contributed by atoms with Crippen molar-refractivity contribution in [2.45, 2.75) is 32.5 Å². The van der Waals surface area contributed by atoms with Crippen molar-refractivity contribution in [3.05, 3.63) is 95.8 Å². The van der Waals surface area contributed by atoms with Gasteiger partial charge in [-0.25, -0.2) is 4.98 Å². The van der Waals surface area contributed by atoms with E-state index in [1.165, 1.54) is 0 Å². The fourth-order valence-corrected chi connectivity index (χ4v) is 3.80. The number of aliphatic hydroxyl groups excluding tert-OH is 1. The Bertz CT molecular complexity index is 1280. The molecular formula is C26H26N4O3. The molecule has 33 heavy (non-hydrogen) atoms. The van der Waals surface area contributed by atoms with Crippen molar-refractivity contribution in [1.82, 2.24) is 14.9 Å². The number of carbonyl (C=O) groups is 2. The summed E-state index contributed by atoms with van der Waals surface area (Å²) in [6.45, 7) is 3.48. The van der Waals surface area contributed by atoms with E-state index in [1.54, 1.807) is 35.8 Å². The van der Waals surface area contributed by atoms with Gasteiger partial charge in [-0.15, -0.1) is 0 Å². The van der Waals surface area contributed by atoms with Gasteiger partial charge in [-0.3, -0.25) is 9.59 Å². The second-order valence-electron chi connectivity index (χ2n) is 7.92. The number of hydrogen-bond acceptors (Lipinski definition) is 4. The van der Waals surface area contributed by atoms with Crippen LogP contribution in [0.15, 0.2) is 78.9 Å². The summed E-state index contributed by atoms with van der Waals surface area (Å²) in [7, 11) is 0. The fraction of sp³-hybridized carbons (Fsp3) is 0.192. The van der Waals surface area contributed by atoms with Crippen molar-refractivity contribution in [3.8, 4) is 0 Å². The molecule has 4 aromatic rings. The number of benzene rings is 3. The predicted molar refractivity (Wildman–Crippen MR) is 128 cm³/mol. The van der Waals surface area contributed by atoms with Gasteiger partial charge in [0.05, 0.1) is 28.3 Å². The molecule has 3 aromatic carbocycles. The number of nitrogens with zero attached hydrogens (tertiary/aromatic N) is 2. The van der Waals surface area contributed by atoms with Crippen molar-refractivity contribution in [3.63, 3.8) is 0 Å². The Morgan fingerprint density at radius 2 is 1.61 bits per heavy atom. The predicted octanol–water partition coefficient (Wildman–Crippen LogP) is 4.22. The minimum atomic E-state index is -0.831. The van der Waals surface area contributed by atoms with Gasteiger partial charge in [0.25, 0.3) is 5.91 Å². The first-order valence-corrected chi connectivity index (χ1v) is 10.8. The van der Waals surface area contributed by atoms with Gasteiger partial charge in [-0.2, -0.15) is 0 Å². The Morgan fingerprint density at radius 1 is 0.939 bits per heavy atom. The first-order valence-electron chi connectivity index (χ1n) is 10.8. The lowest BCUT2D eigenvalue weighted by Crippen LogP contribution is -2.28. The summed E-state index contributed by atoms with van der Waals surface area (Å²) >= 11 is 0. The van der Waals surface area contributed by atoms with Crippen LogP contribution >= 0.6 is 0 Å². The zero-order valence-electron chi connectivity index (χ0n) is 18.5. The number of nitrogens with one attached hydrogen (secondary N) is 2. The molecule has 1 heterocycles. The van der Waals surface area contributed by atoms with Gasteiger partial charge in [-0.05, 0) is 43.7 Å². The molecule has 0 aliphatic heterocycles. The van der Waals surface area contributed by atoms with E-state index in [-0.39, 0.29) is 24.4 Å². The second-order valence-corrected chi connectivity index (χ2v) is 7.92. The summed E-state index contributed by atoms with van der Waals surface area (Å²) in [5.41, 5.74) is 3.25. The molecule has 0 aliphatic carbocycles. The third-order valence-corrected chi connectivity index (χ3v) is 5.45. The Balaban J connectivity index is 1.53. The lowest BCUT2D eigenvalue weighted by molar-refractivity contribution is -0.116. The number of hydrogen-bond donors (Lipinski definition) is 3. The van der Waals surface area contributed by atoms with Crippen molar-refractivity contribution in [1.29, 1.82) is 0 Å². The van der Waals surface area contributed by atoms with Crippen LogP contribution in [0.2, 0.25) is 0 Å². The normalized spacial score (nSPS) is 12.8. The molecule has 7 heteroatoms. The molecule has 2 atom stereocenters. The Morgan fingerprint density at radius 3 is 2.36 bits per heavy atom. The summed E-state index contributed by atoms with van der Waals surface area (Å²) in [5, 5.41) is 16.0. The lowest BCUT2D eigenvalue weighted by atomic mass is 10.1. The minimum absolute atomic E-state index is 0.0445. The van der Waals surface area contributed by atoms with Crippen LogP contribution in [0.25, 0.3) is 11.0 Å². The van der Waals surface area contributed by atoms with Gasteiger partial charge in [0.15, 0.2) is 0 Å². The zero-order chi connectivity index (χ0) is 23.4. The summed E-state index contributed by atoms with van der Waals surface area (Å²) in [5.74, 6) is -0.189. The van der Waals surface area contributed by atoms with Gasteiger partial charge in [0, 0.05) is 0 Å². The number of anilines is 1. The lowest BCUT2D eigenvalue weighted by Gasteiger charge is -2.17. The van der Waals surface area contributed by atoms with Crippen LogP contribution in [-0.4, -0.2) is 26.5 Å². The SMILES string of the molecule is CC(O)c1nc2ccccc2n1CC(=O)Nc1ccccc1C(=O)NC(C)c1ccccc1. The topological polar surface area (TPSA) is 96.2 Å². The van der Waals surface area contributed by atoms with Gasteiger partial charge in [0.1, 0.15) is 18.5 Å². The number of amides is 2. The average Bonchev–Trinajstić information content (AvgIpc) is 3.18. The molecule has 1 aromatic heterocycles. The van der Waals surface area contributed by atoms with E-state index in [0.717, 1.165) is 11.1 Å². The van der Waals surface area contributed by atoms with E-state index in [1.807, 2.05) is 61.5 Å². The Hall–Kier alpha value is -3.97. The molecule has 2 amide bonds. The van der Waals surface area contributed by atoms with Crippen LogP contribution in [-0.2, 0) is 11.3 Å². The third-order valence-electron chi connectivity index (χ3n) is 5.45. The van der Waals surface area contributed by atoms with Crippen LogP contribution in [0.1, 0.15) is 47.7 Å². The van der Waals surface area contributed by atoms with Crippen molar-refractivity contribution in [2.75, 3.05) is 5.32 Å². The maximum atomic E-state index is 13.0. The Labute approximate surface area is 192 Å². The monoisotopic (exact) mass is 442 g/mol. The van der Waals surface area contributed by atoms with E-state index in [9.17, 15) is 14.7 Å². The van der Waals surface area contributed by atoms with Crippen LogP contribution in [0.3, 0.4) is 0 Å². The van der Waals surface area contributed by atoms with E-state index >= 15 is 0 Å². The van der Waals surface area contributed by atoms with Crippen LogP contribution < -0.4 is 10.6 Å². The zero-order valence-corrected chi connectivity index (χ0v) is 18.5. The van der Waals surface area contributed by atoms with Crippen molar-refractivity contribution < 1.29 is 14.7 Å². The molecule has 4 rings (SSSR count). The largest absolute Gasteiger partial charge is 0.385 e. The number of imidazole rings is 1. The molecule has 0 bridgehead atoms. The molecule has 0 fully saturated rings. The highest BCUT2D eigenvalue weighted by Gasteiger charge is 2.19. The molecule has 2 unspecified atom stereocenters. The summed E-state index contributed by atoms with van der Waals surface area (Å²) in [6, 6.07) is 23.8. The third kappa shape index (κ3) is 4.94. The molecule has 0 saturated heterocycles. The minimum Gasteiger partial charge on any atom is -0.385 e. The second kappa shape index (κ2) is 9.67. The highest BCUT2D eigenvalue weighted by molar-refractivity contribution is 6.04. The molecule has 7 nitrogen and oxygen atoms in total. The van der Waals surface area contributed by atoms with Crippen LogP contribution in [0.4, 0.5) is 5.69 Å². The molecule has 0 radical (unpaired) electrons. The van der Waals surface area contributed by atoms with E-state index in [4.69, 9.17) is 0 Å². The van der Waals surface area contributed by atoms with E-state index < -0.39 is 6.10 Å². The first-order chi connectivity index (χ1) is 15.9. The number of carbonyl (C=O) groups excluding carboxylic acids is 2. The maximum Gasteiger partial charge on any atom is 0.253 e. The summed E-state index contributed by atoms with van der Waals surface area (Å²) < 4.78 is 1.69. The summed E-state index contributed by atoms with van der Waals surface area (Å²) in [4.78, 5) is 30.3. The summed E-state index contributed by atoms with van der Waals surface area (Å²) in [6.07, 6.45) is -0.831. The van der Waals surface area contributed by atoms with E-state index in [0.29, 0.717) is 22.6 Å². The number of aliphatic hydroxyl groups is 1. The molecule has 168 valence electrons. The quantitative estimate of drug-likeness (QED) is 0.399. The number of fused-ring (bicyclic) bond motifs is 1. The number of para-hydroxylation sites is 3. The molecular weight excluding hydrogens is 416 g/mol. The van der Waals surface area contributed by atoms with Crippen molar-refractivity contribution in [2.24, 2.45) is 0 Å². The fourth-order valence-electron chi connectivity index (χ4n) is 3.80. The Kier molecular flexibility index (Phi) is 6.51. The molecule has 0 saturated carbocycles. The molecule has 3 N–H and O–H groups in total. The standard InChI is InChI=1S/C26H26N4O3/c1-17(19-10-4-3-5-11-19)27-26(33)20-12-6-7-13-21(20)28-24(32)16-30-23-15-9-8-14-22(23)29-25(30)18(2)31/h3-15,17-18,31H,16H2,1-2H3,(H,27,33)(H,28,32). The number of rotatable bonds is 7. The highest BCUT2D eigenvalue weighted by atomic mass is 16.3. The highest BCUT2D eigenvalue weighted by Crippen LogP contribution is 2.22. The van der Waals surface area contributed by atoms with Gasteiger partial charge >= 0.3 is 0 Å². The van der Waals surface area contributed by atoms with Gasteiger partial charge in [-0.1, -0.05) is 54.6 Å². The van der Waals surface area contributed by atoms with Gasteiger partial charge < -0.3 is 20.3 Å².